The lowest BCUT2D eigenvalue weighted by Crippen LogP contribution is -2.45. The molecule has 112 valence electrons. The molecule has 7 heteroatoms. The second-order valence-corrected chi connectivity index (χ2v) is 5.53. The van der Waals surface area contributed by atoms with Gasteiger partial charge in [0.2, 0.25) is 5.91 Å². The number of urea groups is 1. The van der Waals surface area contributed by atoms with Crippen LogP contribution < -0.4 is 16.0 Å². The second-order valence-electron chi connectivity index (χ2n) is 5.53. The summed E-state index contributed by atoms with van der Waals surface area (Å²) in [4.78, 5) is 33.7. The highest BCUT2D eigenvalue weighted by molar-refractivity contribution is 5.79. The molecule has 0 bridgehead atoms. The van der Waals surface area contributed by atoms with Crippen molar-refractivity contribution in [2.24, 2.45) is 5.92 Å². The predicted octanol–water partition coefficient (Wildman–Crippen LogP) is 0.208. The molecule has 0 aromatic rings. The average Bonchev–Trinajstić information content (AvgIpc) is 3.22. The van der Waals surface area contributed by atoms with Gasteiger partial charge in [0.05, 0.1) is 6.42 Å². The fourth-order valence-electron chi connectivity index (χ4n) is 2.06. The van der Waals surface area contributed by atoms with Crippen LogP contribution in [0.3, 0.4) is 0 Å². The highest BCUT2D eigenvalue weighted by atomic mass is 16.4. The lowest BCUT2D eigenvalue weighted by atomic mass is 10.1. The third kappa shape index (κ3) is 5.46. The Bertz CT molecular complexity index is 391. The Morgan fingerprint density at radius 3 is 2.40 bits per heavy atom. The summed E-state index contributed by atoms with van der Waals surface area (Å²) in [6.45, 7) is 0.259. The Hall–Kier alpha value is -1.79. The molecule has 0 spiro atoms. The fourth-order valence-corrected chi connectivity index (χ4v) is 2.06. The predicted molar refractivity (Wildman–Crippen MR) is 71.1 cm³/mol. The summed E-state index contributed by atoms with van der Waals surface area (Å²) in [5.41, 5.74) is 0. The van der Waals surface area contributed by atoms with Gasteiger partial charge in [-0.05, 0) is 31.6 Å². The highest BCUT2D eigenvalue weighted by Gasteiger charge is 2.33. The van der Waals surface area contributed by atoms with E-state index in [1.165, 1.54) is 0 Å². The van der Waals surface area contributed by atoms with Crippen LogP contribution >= 0.6 is 0 Å². The van der Waals surface area contributed by atoms with E-state index in [0.29, 0.717) is 6.04 Å². The summed E-state index contributed by atoms with van der Waals surface area (Å²) in [5, 5.41) is 16.9. The molecule has 20 heavy (non-hydrogen) atoms. The van der Waals surface area contributed by atoms with Crippen LogP contribution in [-0.4, -0.2) is 41.6 Å². The van der Waals surface area contributed by atoms with E-state index in [9.17, 15) is 14.4 Å². The van der Waals surface area contributed by atoms with Gasteiger partial charge in [-0.3, -0.25) is 9.59 Å². The van der Waals surface area contributed by atoms with Gasteiger partial charge in [0.1, 0.15) is 0 Å². The van der Waals surface area contributed by atoms with E-state index in [4.69, 9.17) is 5.11 Å². The van der Waals surface area contributed by atoms with Crippen molar-refractivity contribution in [3.8, 4) is 0 Å². The standard InChI is InChI=1S/C13H21N3O4/c17-11(15-9-3-4-9)5-6-14-13(20)16-10(7-12(18)19)8-1-2-8/h8-10H,1-7H2,(H,15,17)(H,18,19)(H2,14,16,20). The van der Waals surface area contributed by atoms with Gasteiger partial charge >= 0.3 is 12.0 Å². The molecule has 0 aromatic heterocycles. The van der Waals surface area contributed by atoms with Crippen molar-refractivity contribution in [1.29, 1.82) is 0 Å². The van der Waals surface area contributed by atoms with Crippen LogP contribution in [0, 0.1) is 5.92 Å². The Morgan fingerprint density at radius 2 is 1.85 bits per heavy atom. The number of carboxylic acid groups (broad SMARTS) is 1. The molecule has 2 rings (SSSR count). The van der Waals surface area contributed by atoms with Crippen LogP contribution in [0.2, 0.25) is 0 Å². The molecule has 3 amide bonds. The third-order valence-corrected chi connectivity index (χ3v) is 3.48. The van der Waals surface area contributed by atoms with Gasteiger partial charge in [-0.1, -0.05) is 0 Å². The van der Waals surface area contributed by atoms with E-state index in [2.05, 4.69) is 16.0 Å². The van der Waals surface area contributed by atoms with Gasteiger partial charge in [-0.2, -0.15) is 0 Å². The molecule has 4 N–H and O–H groups in total. The molecule has 0 aliphatic heterocycles. The smallest absolute Gasteiger partial charge is 0.315 e. The van der Waals surface area contributed by atoms with E-state index in [1.807, 2.05) is 0 Å². The zero-order valence-electron chi connectivity index (χ0n) is 11.4. The van der Waals surface area contributed by atoms with Crippen LogP contribution in [0.25, 0.3) is 0 Å². The van der Waals surface area contributed by atoms with Crippen molar-refractivity contribution in [1.82, 2.24) is 16.0 Å². The summed E-state index contributed by atoms with van der Waals surface area (Å²) < 4.78 is 0. The zero-order chi connectivity index (χ0) is 14.5. The molecule has 2 aliphatic rings. The maximum atomic E-state index is 11.6. The van der Waals surface area contributed by atoms with Crippen LogP contribution in [0.4, 0.5) is 4.79 Å². The van der Waals surface area contributed by atoms with Gasteiger partial charge in [0, 0.05) is 25.0 Å². The van der Waals surface area contributed by atoms with Crippen LogP contribution in [0.15, 0.2) is 0 Å². The summed E-state index contributed by atoms with van der Waals surface area (Å²) in [6.07, 6.45) is 4.19. The number of carboxylic acids is 1. The molecule has 7 nitrogen and oxygen atoms in total. The number of nitrogens with one attached hydrogen (secondary N) is 3. The molecular weight excluding hydrogens is 262 g/mol. The van der Waals surface area contributed by atoms with Gasteiger partial charge < -0.3 is 21.1 Å². The average molecular weight is 283 g/mol. The number of carbonyl (C=O) groups is 3. The topological polar surface area (TPSA) is 108 Å². The van der Waals surface area contributed by atoms with Crippen molar-refractivity contribution >= 4 is 17.9 Å². The minimum atomic E-state index is -0.911. The number of rotatable bonds is 8. The van der Waals surface area contributed by atoms with Crippen molar-refractivity contribution in [3.05, 3.63) is 0 Å². The monoisotopic (exact) mass is 283 g/mol. The molecule has 1 unspecified atom stereocenters. The zero-order valence-corrected chi connectivity index (χ0v) is 11.4. The first-order valence-corrected chi connectivity index (χ1v) is 7.10. The summed E-state index contributed by atoms with van der Waals surface area (Å²) in [6, 6.07) is -0.388. The van der Waals surface area contributed by atoms with Gasteiger partial charge in [-0.25, -0.2) is 4.79 Å². The fraction of sp³-hybridized carbons (Fsp3) is 0.769. The van der Waals surface area contributed by atoms with E-state index in [-0.39, 0.29) is 37.3 Å². The van der Waals surface area contributed by atoms with Crippen molar-refractivity contribution in [3.63, 3.8) is 0 Å². The first-order chi connectivity index (χ1) is 9.54. The molecule has 1 atom stereocenters. The number of hydrogen-bond acceptors (Lipinski definition) is 3. The van der Waals surface area contributed by atoms with Crippen LogP contribution in [-0.2, 0) is 9.59 Å². The summed E-state index contributed by atoms with van der Waals surface area (Å²) in [7, 11) is 0. The Kier molecular flexibility index (Phi) is 4.81. The SMILES string of the molecule is O=C(O)CC(NC(=O)NCCC(=O)NC1CC1)C1CC1. The maximum absolute atomic E-state index is 11.6. The van der Waals surface area contributed by atoms with Gasteiger partial charge in [0.15, 0.2) is 0 Å². The third-order valence-electron chi connectivity index (χ3n) is 3.48. The highest BCUT2D eigenvalue weighted by Crippen LogP contribution is 2.33. The van der Waals surface area contributed by atoms with Crippen LogP contribution in [0.5, 0.6) is 0 Å². The molecule has 2 saturated carbocycles. The molecular formula is C13H21N3O4. The lowest BCUT2D eigenvalue weighted by Gasteiger charge is -2.16. The normalized spacial score (nSPS) is 19.0. The largest absolute Gasteiger partial charge is 0.481 e. The molecule has 0 heterocycles. The molecule has 2 aliphatic carbocycles. The first kappa shape index (κ1) is 14.6. The van der Waals surface area contributed by atoms with E-state index in [1.54, 1.807) is 0 Å². The quantitative estimate of drug-likeness (QED) is 0.510. The van der Waals surface area contributed by atoms with Crippen molar-refractivity contribution in [2.45, 2.75) is 50.6 Å². The molecule has 0 aromatic carbocycles. The van der Waals surface area contributed by atoms with Gasteiger partial charge in [-0.15, -0.1) is 0 Å². The number of amides is 3. The molecule has 0 radical (unpaired) electrons. The minimum absolute atomic E-state index is 0.0553. The van der Waals surface area contributed by atoms with Crippen molar-refractivity contribution in [2.75, 3.05) is 6.54 Å². The van der Waals surface area contributed by atoms with E-state index in [0.717, 1.165) is 25.7 Å². The van der Waals surface area contributed by atoms with E-state index >= 15 is 0 Å². The Labute approximate surface area is 117 Å². The van der Waals surface area contributed by atoms with Gasteiger partial charge in [0.25, 0.3) is 0 Å². The molecule has 0 saturated heterocycles. The molecule has 2 fully saturated rings. The lowest BCUT2D eigenvalue weighted by molar-refractivity contribution is -0.137. The van der Waals surface area contributed by atoms with Crippen LogP contribution in [0.1, 0.15) is 38.5 Å². The minimum Gasteiger partial charge on any atom is -0.481 e. The number of carbonyl (C=O) groups excluding carboxylic acids is 2. The number of hydrogen-bond donors (Lipinski definition) is 4. The Balaban J connectivity index is 1.60. The summed E-state index contributed by atoms with van der Waals surface area (Å²) in [5.74, 6) is -0.696. The van der Waals surface area contributed by atoms with E-state index < -0.39 is 12.0 Å². The van der Waals surface area contributed by atoms with Crippen molar-refractivity contribution < 1.29 is 19.5 Å². The maximum Gasteiger partial charge on any atom is 0.315 e. The second kappa shape index (κ2) is 6.58. The first-order valence-electron chi connectivity index (χ1n) is 7.10. The Morgan fingerprint density at radius 1 is 1.15 bits per heavy atom. The number of aliphatic carboxylic acids is 1. The summed E-state index contributed by atoms with van der Waals surface area (Å²) >= 11 is 0.